The van der Waals surface area contributed by atoms with Gasteiger partial charge in [-0.3, -0.25) is 9.59 Å². The standard InChI is InChI=1S/C34H39N3O2/c1-21(33(38)35-5)16-25-8-6-9-26(17-25)20-37-24(4)22(2)31-19-30(14-15-32(31)37)34(39)36-23(3)28-10-7-11-29(18-28)27-12-13-27/h6-11,14-15,17-19,21,23,27H,12-13,16,20H2,1-5H3,(H,35,38)(H,36,39)/t21-,23+/m1/s1. The lowest BCUT2D eigenvalue weighted by Gasteiger charge is -2.16. The van der Waals surface area contributed by atoms with Gasteiger partial charge in [0.05, 0.1) is 6.04 Å². The zero-order chi connectivity index (χ0) is 27.7. The molecule has 1 fully saturated rings. The van der Waals surface area contributed by atoms with Crippen LogP contribution in [0, 0.1) is 19.8 Å². The van der Waals surface area contributed by atoms with Crippen molar-refractivity contribution in [3.05, 3.63) is 106 Å². The van der Waals surface area contributed by atoms with E-state index >= 15 is 0 Å². The van der Waals surface area contributed by atoms with Gasteiger partial charge in [0, 0.05) is 41.7 Å². The molecule has 0 saturated heterocycles. The van der Waals surface area contributed by atoms with Crippen LogP contribution in [-0.4, -0.2) is 23.4 Å². The van der Waals surface area contributed by atoms with Gasteiger partial charge in [-0.05, 0) is 92.0 Å². The first-order chi connectivity index (χ1) is 18.7. The van der Waals surface area contributed by atoms with Crippen molar-refractivity contribution in [3.63, 3.8) is 0 Å². The van der Waals surface area contributed by atoms with E-state index in [1.165, 1.54) is 35.2 Å². The highest BCUT2D eigenvalue weighted by Crippen LogP contribution is 2.40. The lowest BCUT2D eigenvalue weighted by molar-refractivity contribution is -0.123. The van der Waals surface area contributed by atoms with Crippen LogP contribution >= 0.6 is 0 Å². The molecule has 5 rings (SSSR count). The molecule has 0 aliphatic heterocycles. The van der Waals surface area contributed by atoms with Gasteiger partial charge in [0.2, 0.25) is 5.91 Å². The summed E-state index contributed by atoms with van der Waals surface area (Å²) in [5.74, 6) is 0.628. The number of hydrogen-bond acceptors (Lipinski definition) is 2. The SMILES string of the molecule is CNC(=O)[C@H](C)Cc1cccc(Cn2c(C)c(C)c3cc(C(=O)N[C@@H](C)c4cccc(C5CC5)c4)ccc32)c1. The lowest BCUT2D eigenvalue weighted by atomic mass is 9.99. The Balaban J connectivity index is 1.34. The summed E-state index contributed by atoms with van der Waals surface area (Å²) in [4.78, 5) is 25.2. The molecule has 1 heterocycles. The zero-order valence-corrected chi connectivity index (χ0v) is 23.7. The molecule has 1 aliphatic carbocycles. The van der Waals surface area contributed by atoms with Gasteiger partial charge < -0.3 is 15.2 Å². The van der Waals surface area contributed by atoms with E-state index in [-0.39, 0.29) is 23.8 Å². The summed E-state index contributed by atoms with van der Waals surface area (Å²) < 4.78 is 2.32. The first-order valence-electron chi connectivity index (χ1n) is 14.0. The Kier molecular flexibility index (Phi) is 7.60. The van der Waals surface area contributed by atoms with Gasteiger partial charge in [0.15, 0.2) is 0 Å². The van der Waals surface area contributed by atoms with Crippen LogP contribution in [0.2, 0.25) is 0 Å². The third-order valence-corrected chi connectivity index (χ3v) is 8.28. The molecular formula is C34H39N3O2. The fourth-order valence-electron chi connectivity index (χ4n) is 5.59. The second-order valence-corrected chi connectivity index (χ2v) is 11.2. The Morgan fingerprint density at radius 2 is 1.69 bits per heavy atom. The molecule has 2 atom stereocenters. The fourth-order valence-corrected chi connectivity index (χ4v) is 5.59. The molecule has 0 bridgehead atoms. The van der Waals surface area contributed by atoms with Gasteiger partial charge in [-0.15, -0.1) is 0 Å². The van der Waals surface area contributed by atoms with E-state index in [9.17, 15) is 9.59 Å². The number of rotatable bonds is 9. The van der Waals surface area contributed by atoms with Crippen molar-refractivity contribution >= 4 is 22.7 Å². The number of aryl methyl sites for hydroxylation is 1. The Hall–Kier alpha value is -3.86. The number of benzene rings is 3. The number of fused-ring (bicyclic) bond motifs is 1. The van der Waals surface area contributed by atoms with Gasteiger partial charge >= 0.3 is 0 Å². The molecule has 202 valence electrons. The van der Waals surface area contributed by atoms with Crippen molar-refractivity contribution in [2.45, 2.75) is 65.5 Å². The summed E-state index contributed by atoms with van der Waals surface area (Å²) in [5.41, 5.74) is 9.07. The highest BCUT2D eigenvalue weighted by molar-refractivity contribution is 5.99. The summed E-state index contributed by atoms with van der Waals surface area (Å²) in [7, 11) is 1.68. The molecule has 1 aromatic heterocycles. The Bertz CT molecular complexity index is 1530. The van der Waals surface area contributed by atoms with E-state index in [1.807, 2.05) is 19.1 Å². The first-order valence-corrected chi connectivity index (χ1v) is 14.0. The average Bonchev–Trinajstić information content (AvgIpc) is 3.77. The lowest BCUT2D eigenvalue weighted by Crippen LogP contribution is -2.26. The quantitative estimate of drug-likeness (QED) is 0.261. The van der Waals surface area contributed by atoms with Crippen LogP contribution in [0.1, 0.15) is 82.5 Å². The molecular weight excluding hydrogens is 482 g/mol. The van der Waals surface area contributed by atoms with Crippen molar-refractivity contribution < 1.29 is 9.59 Å². The van der Waals surface area contributed by atoms with Crippen LogP contribution < -0.4 is 10.6 Å². The van der Waals surface area contributed by atoms with E-state index in [0.29, 0.717) is 17.9 Å². The first kappa shape index (κ1) is 26.7. The highest BCUT2D eigenvalue weighted by Gasteiger charge is 2.24. The number of carbonyl (C=O) groups excluding carboxylic acids is 2. The van der Waals surface area contributed by atoms with E-state index in [0.717, 1.165) is 28.6 Å². The maximum Gasteiger partial charge on any atom is 0.251 e. The number of hydrogen-bond donors (Lipinski definition) is 2. The van der Waals surface area contributed by atoms with Crippen LogP contribution in [0.3, 0.4) is 0 Å². The van der Waals surface area contributed by atoms with E-state index in [2.05, 4.69) is 90.6 Å². The molecule has 3 aromatic carbocycles. The topological polar surface area (TPSA) is 63.1 Å². The van der Waals surface area contributed by atoms with Crippen LogP contribution in [-0.2, 0) is 17.8 Å². The Morgan fingerprint density at radius 1 is 0.949 bits per heavy atom. The largest absolute Gasteiger partial charge is 0.359 e. The summed E-state index contributed by atoms with van der Waals surface area (Å²) in [5, 5.41) is 7.05. The van der Waals surface area contributed by atoms with Gasteiger partial charge in [0.25, 0.3) is 5.91 Å². The molecule has 5 nitrogen and oxygen atoms in total. The van der Waals surface area contributed by atoms with Crippen molar-refractivity contribution in [1.29, 1.82) is 0 Å². The Labute approximate surface area is 231 Å². The molecule has 0 spiro atoms. The fraction of sp³-hybridized carbons (Fsp3) is 0.353. The third kappa shape index (κ3) is 5.78. The normalized spacial score (nSPS) is 14.7. The predicted octanol–water partition coefficient (Wildman–Crippen LogP) is 6.60. The third-order valence-electron chi connectivity index (χ3n) is 8.28. The molecule has 39 heavy (non-hydrogen) atoms. The second kappa shape index (κ2) is 11.1. The summed E-state index contributed by atoms with van der Waals surface area (Å²) in [6, 6.07) is 23.1. The van der Waals surface area contributed by atoms with Gasteiger partial charge in [-0.25, -0.2) is 0 Å². The number of amides is 2. The molecule has 1 aliphatic rings. The summed E-state index contributed by atoms with van der Waals surface area (Å²) in [6.45, 7) is 9.01. The van der Waals surface area contributed by atoms with Crippen LogP contribution in [0.15, 0.2) is 66.7 Å². The molecule has 4 aromatic rings. The van der Waals surface area contributed by atoms with Crippen molar-refractivity contribution in [3.8, 4) is 0 Å². The monoisotopic (exact) mass is 521 g/mol. The molecule has 0 unspecified atom stereocenters. The molecule has 2 N–H and O–H groups in total. The minimum Gasteiger partial charge on any atom is -0.359 e. The van der Waals surface area contributed by atoms with E-state index < -0.39 is 0 Å². The smallest absolute Gasteiger partial charge is 0.251 e. The van der Waals surface area contributed by atoms with Crippen LogP contribution in [0.25, 0.3) is 10.9 Å². The second-order valence-electron chi connectivity index (χ2n) is 11.2. The highest BCUT2D eigenvalue weighted by atomic mass is 16.2. The van der Waals surface area contributed by atoms with Crippen LogP contribution in [0.5, 0.6) is 0 Å². The molecule has 2 amide bonds. The molecule has 5 heteroatoms. The maximum atomic E-state index is 13.2. The number of nitrogens with one attached hydrogen (secondary N) is 2. The van der Waals surface area contributed by atoms with Crippen molar-refractivity contribution in [2.24, 2.45) is 5.92 Å². The average molecular weight is 522 g/mol. The number of nitrogens with zero attached hydrogens (tertiary/aromatic N) is 1. The van der Waals surface area contributed by atoms with E-state index in [4.69, 9.17) is 0 Å². The number of aromatic nitrogens is 1. The minimum atomic E-state index is -0.0731. The summed E-state index contributed by atoms with van der Waals surface area (Å²) >= 11 is 0. The van der Waals surface area contributed by atoms with Crippen LogP contribution in [0.4, 0.5) is 0 Å². The van der Waals surface area contributed by atoms with Crippen molar-refractivity contribution in [2.75, 3.05) is 7.05 Å². The van der Waals surface area contributed by atoms with Gasteiger partial charge in [-0.1, -0.05) is 55.5 Å². The number of carbonyl (C=O) groups is 2. The van der Waals surface area contributed by atoms with Crippen molar-refractivity contribution in [1.82, 2.24) is 15.2 Å². The Morgan fingerprint density at radius 3 is 2.44 bits per heavy atom. The molecule has 1 saturated carbocycles. The zero-order valence-electron chi connectivity index (χ0n) is 23.7. The molecule has 0 radical (unpaired) electrons. The van der Waals surface area contributed by atoms with E-state index in [1.54, 1.807) is 7.05 Å². The predicted molar refractivity (Wildman–Crippen MR) is 158 cm³/mol. The summed E-state index contributed by atoms with van der Waals surface area (Å²) in [6.07, 6.45) is 3.25. The van der Waals surface area contributed by atoms with Gasteiger partial charge in [0.1, 0.15) is 0 Å². The minimum absolute atomic E-state index is 0.0519. The van der Waals surface area contributed by atoms with Gasteiger partial charge in [-0.2, -0.15) is 0 Å². The maximum absolute atomic E-state index is 13.2.